The molecule has 2 aromatic rings. The minimum Gasteiger partial charge on any atom is -0.619 e. The Bertz CT molecular complexity index is 638. The molecule has 2 rings (SSSR count). The van der Waals surface area contributed by atoms with Crippen LogP contribution in [0.1, 0.15) is 34.5 Å². The van der Waals surface area contributed by atoms with Crippen LogP contribution >= 0.6 is 0 Å². The lowest BCUT2D eigenvalue weighted by molar-refractivity contribution is -0.605. The van der Waals surface area contributed by atoms with Crippen molar-refractivity contribution in [3.05, 3.63) is 64.6 Å². The zero-order chi connectivity index (χ0) is 15.4. The summed E-state index contributed by atoms with van der Waals surface area (Å²) in [6.07, 6.45) is 2.60. The Kier molecular flexibility index (Phi) is 4.42. The third-order valence-corrected chi connectivity index (χ3v) is 3.26. The summed E-state index contributed by atoms with van der Waals surface area (Å²) in [5.74, 6) is 0.505. The lowest BCUT2D eigenvalue weighted by Crippen LogP contribution is -2.29. The summed E-state index contributed by atoms with van der Waals surface area (Å²) in [6, 6.07) is 8.61. The van der Waals surface area contributed by atoms with Crippen LogP contribution in [0.4, 0.5) is 0 Å². The Morgan fingerprint density at radius 3 is 2.57 bits per heavy atom. The summed E-state index contributed by atoms with van der Waals surface area (Å²) in [4.78, 5) is 12.2. The lowest BCUT2D eigenvalue weighted by Gasteiger charge is -2.18. The molecular weight excluding hydrogens is 268 g/mol. The molecule has 1 aromatic heterocycles. The highest BCUT2D eigenvalue weighted by Crippen LogP contribution is 2.26. The van der Waals surface area contributed by atoms with Crippen LogP contribution in [0.15, 0.2) is 42.7 Å². The number of pyridine rings is 1. The van der Waals surface area contributed by atoms with E-state index < -0.39 is 0 Å². The van der Waals surface area contributed by atoms with E-state index in [9.17, 15) is 10.0 Å². The average molecular weight is 286 g/mol. The third-order valence-electron chi connectivity index (χ3n) is 3.26. The van der Waals surface area contributed by atoms with Gasteiger partial charge in [-0.1, -0.05) is 17.7 Å². The molecule has 0 saturated carbocycles. The summed E-state index contributed by atoms with van der Waals surface area (Å²) in [5, 5.41) is 13.9. The van der Waals surface area contributed by atoms with Crippen molar-refractivity contribution in [3.8, 4) is 5.75 Å². The van der Waals surface area contributed by atoms with Gasteiger partial charge >= 0.3 is 0 Å². The molecule has 110 valence electrons. The molecule has 0 bridgehead atoms. The molecule has 1 N–H and O–H groups in total. The van der Waals surface area contributed by atoms with Crippen LogP contribution in [-0.2, 0) is 0 Å². The van der Waals surface area contributed by atoms with Gasteiger partial charge in [-0.2, -0.15) is 4.73 Å². The molecule has 5 heteroatoms. The van der Waals surface area contributed by atoms with Gasteiger partial charge in [0, 0.05) is 17.7 Å². The minimum absolute atomic E-state index is 0.202. The van der Waals surface area contributed by atoms with Crippen LogP contribution in [-0.4, -0.2) is 13.0 Å². The monoisotopic (exact) mass is 286 g/mol. The fourth-order valence-corrected chi connectivity index (χ4v) is 2.11. The van der Waals surface area contributed by atoms with E-state index in [1.54, 1.807) is 7.11 Å². The van der Waals surface area contributed by atoms with E-state index in [4.69, 9.17) is 4.74 Å². The number of aryl methyl sites for hydroxylation is 1. The minimum atomic E-state index is -0.230. The number of methoxy groups -OCH3 is 1. The molecule has 0 radical (unpaired) electrons. The maximum atomic E-state index is 12.2. The van der Waals surface area contributed by atoms with Crippen LogP contribution < -0.4 is 14.8 Å². The maximum absolute atomic E-state index is 12.2. The van der Waals surface area contributed by atoms with Gasteiger partial charge in [-0.25, -0.2) is 0 Å². The first kappa shape index (κ1) is 14.8. The molecule has 0 aliphatic rings. The Morgan fingerprint density at radius 2 is 1.95 bits per heavy atom. The van der Waals surface area contributed by atoms with Gasteiger partial charge in [0.2, 0.25) is 0 Å². The van der Waals surface area contributed by atoms with E-state index in [2.05, 4.69) is 5.32 Å². The van der Waals surface area contributed by atoms with Crippen LogP contribution in [0.25, 0.3) is 0 Å². The van der Waals surface area contributed by atoms with Gasteiger partial charge in [0.05, 0.1) is 18.7 Å². The highest BCUT2D eigenvalue weighted by molar-refractivity contribution is 5.94. The summed E-state index contributed by atoms with van der Waals surface area (Å²) in [7, 11) is 1.60. The van der Waals surface area contributed by atoms with Gasteiger partial charge < -0.3 is 15.3 Å². The molecule has 0 aliphatic carbocycles. The highest BCUT2D eigenvalue weighted by atomic mass is 16.5. The van der Waals surface area contributed by atoms with E-state index in [0.29, 0.717) is 10.3 Å². The number of nitrogens with zero attached hydrogens (tertiary/aromatic N) is 1. The highest BCUT2D eigenvalue weighted by Gasteiger charge is 2.15. The van der Waals surface area contributed by atoms with Crippen LogP contribution in [0, 0.1) is 12.1 Å². The number of ether oxygens (including phenoxy) is 1. The van der Waals surface area contributed by atoms with Gasteiger partial charge in [0.15, 0.2) is 12.4 Å². The molecule has 0 saturated heterocycles. The number of benzene rings is 1. The molecule has 1 aromatic carbocycles. The second-order valence-corrected chi connectivity index (χ2v) is 4.89. The first-order chi connectivity index (χ1) is 10.0. The smallest absolute Gasteiger partial charge is 0.252 e. The molecule has 1 atom stereocenters. The zero-order valence-electron chi connectivity index (χ0n) is 12.3. The summed E-state index contributed by atoms with van der Waals surface area (Å²) in [5.41, 5.74) is 2.46. The van der Waals surface area contributed by atoms with Gasteiger partial charge in [-0.05, 0) is 19.9 Å². The van der Waals surface area contributed by atoms with Crippen molar-refractivity contribution in [1.82, 2.24) is 5.32 Å². The number of carbonyl (C=O) groups excluding carboxylic acids is 1. The Hall–Kier alpha value is -2.56. The van der Waals surface area contributed by atoms with Crippen molar-refractivity contribution in [2.24, 2.45) is 0 Å². The number of hydrogen-bond acceptors (Lipinski definition) is 3. The van der Waals surface area contributed by atoms with Gasteiger partial charge in [0.25, 0.3) is 5.91 Å². The third kappa shape index (κ3) is 3.51. The molecular formula is C16H18N2O3. The Labute approximate surface area is 123 Å². The number of amides is 1. The average Bonchev–Trinajstić information content (AvgIpc) is 2.47. The molecule has 5 nitrogen and oxygen atoms in total. The Morgan fingerprint density at radius 1 is 1.29 bits per heavy atom. The van der Waals surface area contributed by atoms with Crippen molar-refractivity contribution in [1.29, 1.82) is 0 Å². The fourth-order valence-electron chi connectivity index (χ4n) is 2.11. The number of rotatable bonds is 4. The van der Waals surface area contributed by atoms with Gasteiger partial charge in [-0.15, -0.1) is 0 Å². The fraction of sp³-hybridized carbons (Fsp3) is 0.250. The SMILES string of the molecule is COc1ccc(C)cc1C(C)NC(=O)c1cc[n+]([O-])cc1. The quantitative estimate of drug-likeness (QED) is 0.691. The number of hydrogen-bond donors (Lipinski definition) is 1. The van der Waals surface area contributed by atoms with E-state index in [-0.39, 0.29) is 11.9 Å². The van der Waals surface area contributed by atoms with Crippen molar-refractivity contribution >= 4 is 5.91 Å². The second kappa shape index (κ2) is 6.26. The largest absolute Gasteiger partial charge is 0.619 e. The Balaban J connectivity index is 2.17. The van der Waals surface area contributed by atoms with Crippen LogP contribution in [0.2, 0.25) is 0 Å². The van der Waals surface area contributed by atoms with E-state index in [0.717, 1.165) is 16.9 Å². The number of aromatic nitrogens is 1. The number of nitrogens with one attached hydrogen (secondary N) is 1. The van der Waals surface area contributed by atoms with Crippen molar-refractivity contribution in [3.63, 3.8) is 0 Å². The molecule has 1 heterocycles. The normalized spacial score (nSPS) is 11.8. The summed E-state index contributed by atoms with van der Waals surface area (Å²) >= 11 is 0. The lowest BCUT2D eigenvalue weighted by atomic mass is 10.0. The van der Waals surface area contributed by atoms with Crippen molar-refractivity contribution in [2.45, 2.75) is 19.9 Å². The van der Waals surface area contributed by atoms with Gasteiger partial charge in [-0.3, -0.25) is 4.79 Å². The second-order valence-electron chi connectivity index (χ2n) is 4.89. The van der Waals surface area contributed by atoms with E-state index >= 15 is 0 Å². The first-order valence-electron chi connectivity index (χ1n) is 6.65. The summed E-state index contributed by atoms with van der Waals surface area (Å²) in [6.45, 7) is 3.88. The first-order valence-corrected chi connectivity index (χ1v) is 6.65. The number of carbonyl (C=O) groups is 1. The predicted molar refractivity (Wildman–Crippen MR) is 79.0 cm³/mol. The zero-order valence-corrected chi connectivity index (χ0v) is 12.3. The van der Waals surface area contributed by atoms with E-state index in [1.165, 1.54) is 24.5 Å². The molecule has 0 fully saturated rings. The predicted octanol–water partition coefficient (Wildman–Crippen LogP) is 2.13. The van der Waals surface area contributed by atoms with Crippen LogP contribution in [0.5, 0.6) is 5.75 Å². The molecule has 21 heavy (non-hydrogen) atoms. The van der Waals surface area contributed by atoms with Gasteiger partial charge in [0.1, 0.15) is 5.75 Å². The summed E-state index contributed by atoms with van der Waals surface area (Å²) < 4.78 is 5.97. The topological polar surface area (TPSA) is 65.3 Å². The molecule has 0 spiro atoms. The standard InChI is InChI=1S/C16H18N2O3/c1-11-4-5-15(21-3)14(10-11)12(2)17-16(19)13-6-8-18(20)9-7-13/h4-10,12H,1-3H3,(H,17,19). The maximum Gasteiger partial charge on any atom is 0.252 e. The molecule has 0 aliphatic heterocycles. The van der Waals surface area contributed by atoms with Crippen LogP contribution in [0.3, 0.4) is 0 Å². The van der Waals surface area contributed by atoms with Crippen molar-refractivity contribution < 1.29 is 14.3 Å². The molecule has 1 unspecified atom stereocenters. The molecule has 1 amide bonds. The van der Waals surface area contributed by atoms with E-state index in [1.807, 2.05) is 32.0 Å². The van der Waals surface area contributed by atoms with Crippen molar-refractivity contribution in [2.75, 3.05) is 7.11 Å².